The highest BCUT2D eigenvalue weighted by Crippen LogP contribution is 2.18. The fraction of sp³-hybridized carbons (Fsp3) is 0.294. The van der Waals surface area contributed by atoms with Gasteiger partial charge in [0.05, 0.1) is 6.21 Å². The van der Waals surface area contributed by atoms with Crippen molar-refractivity contribution in [2.24, 2.45) is 0 Å². The first-order valence-electron chi connectivity index (χ1n) is 7.61. The number of aromatic amines is 1. The second-order valence-electron chi connectivity index (χ2n) is 5.47. The lowest BCUT2D eigenvalue weighted by Gasteiger charge is -2.13. The van der Waals surface area contributed by atoms with Crippen molar-refractivity contribution in [1.29, 1.82) is 5.41 Å². The van der Waals surface area contributed by atoms with E-state index in [4.69, 9.17) is 10.5 Å². The van der Waals surface area contributed by atoms with Crippen LogP contribution >= 0.6 is 0 Å². The van der Waals surface area contributed by atoms with E-state index in [0.29, 0.717) is 12.6 Å². The van der Waals surface area contributed by atoms with E-state index < -0.39 is 17.8 Å². The average Bonchev–Trinajstić information content (AvgIpc) is 2.99. The van der Waals surface area contributed by atoms with E-state index in [0.717, 1.165) is 16.5 Å². The molecule has 1 heterocycles. The Morgan fingerprint density at radius 1 is 1.25 bits per heavy atom. The van der Waals surface area contributed by atoms with Crippen LogP contribution in [0.2, 0.25) is 0 Å². The maximum atomic E-state index is 12.0. The van der Waals surface area contributed by atoms with Crippen molar-refractivity contribution in [3.8, 4) is 0 Å². The van der Waals surface area contributed by atoms with E-state index in [1.807, 2.05) is 30.5 Å². The number of nitrogens with one attached hydrogen (secondary N) is 3. The number of Topliss-reactive ketones (excluding diaryl/α,β-unsaturated/α-hetero) is 1. The molecule has 1 amide bonds. The van der Waals surface area contributed by atoms with Gasteiger partial charge in [-0.15, -0.1) is 0 Å². The third kappa shape index (κ3) is 4.52. The Kier molecular flexibility index (Phi) is 5.83. The molecule has 1 atom stereocenters. The average molecular weight is 329 g/mol. The standard InChI is InChI=1S/C17H19N3O4/c18-9-12(21)6-7-15(17(23)24)20-16(22)8-5-11-10-19-14-4-2-1-3-13(11)14/h1-4,9-10,15,18-19H,5-8H2,(H,20,22)(H,23,24). The van der Waals surface area contributed by atoms with Gasteiger partial charge in [0.15, 0.2) is 5.78 Å². The zero-order valence-electron chi connectivity index (χ0n) is 13.0. The third-order valence-corrected chi connectivity index (χ3v) is 3.77. The molecule has 0 bridgehead atoms. The summed E-state index contributed by atoms with van der Waals surface area (Å²) in [7, 11) is 0. The number of carbonyl (C=O) groups is 3. The maximum Gasteiger partial charge on any atom is 0.326 e. The number of aromatic nitrogens is 1. The molecule has 0 saturated carbocycles. The van der Waals surface area contributed by atoms with Gasteiger partial charge in [0.2, 0.25) is 5.91 Å². The molecule has 0 aliphatic rings. The first kappa shape index (κ1) is 17.4. The summed E-state index contributed by atoms with van der Waals surface area (Å²) >= 11 is 0. The molecule has 0 spiro atoms. The SMILES string of the molecule is N=CC(=O)CCC(NC(=O)CCc1c[nH]c2ccccc12)C(=O)O. The number of carboxylic acids is 1. The van der Waals surface area contributed by atoms with Crippen molar-refractivity contribution in [2.75, 3.05) is 0 Å². The van der Waals surface area contributed by atoms with Crippen molar-refractivity contribution in [1.82, 2.24) is 10.3 Å². The Labute approximate surface area is 138 Å². The summed E-state index contributed by atoms with van der Waals surface area (Å²) in [6, 6.07) is 6.62. The van der Waals surface area contributed by atoms with Crippen LogP contribution in [0, 0.1) is 5.41 Å². The van der Waals surface area contributed by atoms with E-state index >= 15 is 0 Å². The predicted molar refractivity (Wildman–Crippen MR) is 89.2 cm³/mol. The summed E-state index contributed by atoms with van der Waals surface area (Å²) in [6.45, 7) is 0. The molecule has 2 aromatic rings. The van der Waals surface area contributed by atoms with Crippen LogP contribution in [0.15, 0.2) is 30.5 Å². The van der Waals surface area contributed by atoms with E-state index in [9.17, 15) is 14.4 Å². The van der Waals surface area contributed by atoms with Crippen LogP contribution in [0.5, 0.6) is 0 Å². The van der Waals surface area contributed by atoms with Crippen LogP contribution in [0.1, 0.15) is 24.8 Å². The summed E-state index contributed by atoms with van der Waals surface area (Å²) in [5, 5.41) is 19.4. The zero-order valence-corrected chi connectivity index (χ0v) is 13.0. The van der Waals surface area contributed by atoms with E-state index in [-0.39, 0.29) is 25.2 Å². The molecule has 1 aromatic heterocycles. The predicted octanol–water partition coefficient (Wildman–Crippen LogP) is 1.67. The smallest absolute Gasteiger partial charge is 0.326 e. The molecule has 0 saturated heterocycles. The molecule has 0 fully saturated rings. The molecule has 7 nitrogen and oxygen atoms in total. The van der Waals surface area contributed by atoms with Crippen LogP contribution in [-0.2, 0) is 20.8 Å². The number of H-pyrrole nitrogens is 1. The number of fused-ring (bicyclic) bond motifs is 1. The van der Waals surface area contributed by atoms with Crippen LogP contribution in [0.4, 0.5) is 0 Å². The maximum absolute atomic E-state index is 12.0. The Hall–Kier alpha value is -2.96. The normalized spacial score (nSPS) is 11.8. The van der Waals surface area contributed by atoms with Crippen LogP contribution in [0.25, 0.3) is 10.9 Å². The molecule has 1 aromatic carbocycles. The first-order chi connectivity index (χ1) is 11.5. The van der Waals surface area contributed by atoms with Gasteiger partial charge in [-0.1, -0.05) is 18.2 Å². The minimum absolute atomic E-state index is 0.0254. The second kappa shape index (κ2) is 8.05. The van der Waals surface area contributed by atoms with Crippen molar-refractivity contribution < 1.29 is 19.5 Å². The molecule has 0 radical (unpaired) electrons. The zero-order chi connectivity index (χ0) is 17.5. The van der Waals surface area contributed by atoms with E-state index in [2.05, 4.69) is 10.3 Å². The van der Waals surface area contributed by atoms with Crippen molar-refractivity contribution in [3.63, 3.8) is 0 Å². The van der Waals surface area contributed by atoms with Gasteiger partial charge in [-0.3, -0.25) is 9.59 Å². The number of para-hydroxylation sites is 1. The van der Waals surface area contributed by atoms with Crippen LogP contribution < -0.4 is 5.32 Å². The molecular formula is C17H19N3O4. The molecule has 24 heavy (non-hydrogen) atoms. The lowest BCUT2D eigenvalue weighted by molar-refractivity contribution is -0.142. The molecule has 1 unspecified atom stereocenters. The molecule has 7 heteroatoms. The van der Waals surface area contributed by atoms with Crippen LogP contribution in [0.3, 0.4) is 0 Å². The summed E-state index contributed by atoms with van der Waals surface area (Å²) in [5.74, 6) is -2.03. The quantitative estimate of drug-likeness (QED) is 0.522. The first-order valence-corrected chi connectivity index (χ1v) is 7.61. The largest absolute Gasteiger partial charge is 0.480 e. The fourth-order valence-corrected chi connectivity index (χ4v) is 2.47. The summed E-state index contributed by atoms with van der Waals surface area (Å²) in [5.41, 5.74) is 1.98. The number of rotatable bonds is 9. The molecule has 4 N–H and O–H groups in total. The van der Waals surface area contributed by atoms with Gasteiger partial charge < -0.3 is 20.8 Å². The third-order valence-electron chi connectivity index (χ3n) is 3.77. The number of hydrogen-bond donors (Lipinski definition) is 4. The molecular weight excluding hydrogens is 310 g/mol. The Bertz CT molecular complexity index is 766. The highest BCUT2D eigenvalue weighted by molar-refractivity contribution is 6.26. The number of amides is 1. The Balaban J connectivity index is 1.90. The number of benzene rings is 1. The van der Waals surface area contributed by atoms with Crippen molar-refractivity contribution in [3.05, 3.63) is 36.0 Å². The molecule has 2 rings (SSSR count). The van der Waals surface area contributed by atoms with E-state index in [1.54, 1.807) is 0 Å². The number of carbonyl (C=O) groups excluding carboxylic acids is 2. The Morgan fingerprint density at radius 3 is 2.71 bits per heavy atom. The number of hydrogen-bond acceptors (Lipinski definition) is 4. The number of ketones is 1. The van der Waals surface area contributed by atoms with Gasteiger partial charge in [-0.2, -0.15) is 0 Å². The van der Waals surface area contributed by atoms with Gasteiger partial charge in [-0.25, -0.2) is 4.79 Å². The summed E-state index contributed by atoms with van der Waals surface area (Å²) < 4.78 is 0. The molecule has 0 aliphatic carbocycles. The monoisotopic (exact) mass is 329 g/mol. The van der Waals surface area contributed by atoms with Crippen molar-refractivity contribution in [2.45, 2.75) is 31.7 Å². The molecule has 0 aliphatic heterocycles. The van der Waals surface area contributed by atoms with Gasteiger partial charge in [0.25, 0.3) is 0 Å². The fourth-order valence-electron chi connectivity index (χ4n) is 2.47. The van der Waals surface area contributed by atoms with Gasteiger partial charge in [0, 0.05) is 29.9 Å². The van der Waals surface area contributed by atoms with Crippen molar-refractivity contribution >= 4 is 34.8 Å². The highest BCUT2D eigenvalue weighted by atomic mass is 16.4. The lowest BCUT2D eigenvalue weighted by atomic mass is 10.1. The van der Waals surface area contributed by atoms with Gasteiger partial charge in [-0.05, 0) is 24.5 Å². The van der Waals surface area contributed by atoms with E-state index in [1.165, 1.54) is 0 Å². The summed E-state index contributed by atoms with van der Waals surface area (Å²) in [6.07, 6.45) is 3.03. The topological polar surface area (TPSA) is 123 Å². The van der Waals surface area contributed by atoms with Crippen LogP contribution in [-0.4, -0.2) is 40.0 Å². The number of aliphatic carboxylic acids is 1. The summed E-state index contributed by atoms with van der Waals surface area (Å²) in [4.78, 5) is 37.3. The Morgan fingerprint density at radius 2 is 2.00 bits per heavy atom. The van der Waals surface area contributed by atoms with Gasteiger partial charge in [0.1, 0.15) is 6.04 Å². The highest BCUT2D eigenvalue weighted by Gasteiger charge is 2.20. The minimum atomic E-state index is -1.19. The minimum Gasteiger partial charge on any atom is -0.480 e. The number of carboxylic acid groups (broad SMARTS) is 1. The second-order valence-corrected chi connectivity index (χ2v) is 5.47. The lowest BCUT2D eigenvalue weighted by Crippen LogP contribution is -2.41. The number of aryl methyl sites for hydroxylation is 1. The van der Waals surface area contributed by atoms with Gasteiger partial charge >= 0.3 is 5.97 Å². The molecule has 126 valence electrons.